The van der Waals surface area contributed by atoms with Crippen molar-refractivity contribution in [3.8, 4) is 0 Å². The van der Waals surface area contributed by atoms with Crippen molar-refractivity contribution < 1.29 is 18.8 Å². The Morgan fingerprint density at radius 2 is 2.21 bits per heavy atom. The Morgan fingerprint density at radius 3 is 2.79 bits per heavy atom. The van der Waals surface area contributed by atoms with E-state index in [1.165, 1.54) is 6.42 Å². The molecule has 2 rings (SSSR count). The average Bonchev–Trinajstić information content (AvgIpc) is 2.31. The molecule has 1 saturated carbocycles. The summed E-state index contributed by atoms with van der Waals surface area (Å²) in [7, 11) is 0. The van der Waals surface area contributed by atoms with Gasteiger partial charge in [0.15, 0.2) is 0 Å². The molecule has 0 amide bonds. The highest BCUT2D eigenvalue weighted by Gasteiger charge is 2.23. The molecule has 0 aromatic heterocycles. The lowest BCUT2D eigenvalue weighted by atomic mass is 9.83. The van der Waals surface area contributed by atoms with Gasteiger partial charge in [-0.3, -0.25) is 10.1 Å². The highest BCUT2D eigenvalue weighted by atomic mass is 19.1. The zero-order valence-corrected chi connectivity index (χ0v) is 10.3. The first-order valence-corrected chi connectivity index (χ1v) is 6.19. The van der Waals surface area contributed by atoms with Crippen LogP contribution in [0.1, 0.15) is 36.0 Å². The zero-order chi connectivity index (χ0) is 13.8. The predicted octanol–water partition coefficient (Wildman–Crippen LogP) is 3.08. The molecule has 102 valence electrons. The molecule has 0 unspecified atom stereocenters. The van der Waals surface area contributed by atoms with Gasteiger partial charge in [-0.1, -0.05) is 19.3 Å². The predicted molar refractivity (Wildman–Crippen MR) is 65.3 cm³/mol. The number of ether oxygens (including phenoxy) is 1. The van der Waals surface area contributed by atoms with E-state index < -0.39 is 22.4 Å². The largest absolute Gasteiger partial charge is 0.462 e. The molecule has 0 bridgehead atoms. The van der Waals surface area contributed by atoms with Crippen molar-refractivity contribution in [2.24, 2.45) is 5.92 Å². The Bertz CT molecular complexity index is 499. The van der Waals surface area contributed by atoms with Crippen molar-refractivity contribution in [1.29, 1.82) is 0 Å². The van der Waals surface area contributed by atoms with Crippen LogP contribution in [0.2, 0.25) is 0 Å². The average molecular weight is 267 g/mol. The van der Waals surface area contributed by atoms with E-state index in [1.54, 1.807) is 0 Å². The van der Waals surface area contributed by atoms with Crippen molar-refractivity contribution in [1.82, 2.24) is 0 Å². The summed E-state index contributed by atoms with van der Waals surface area (Å²) in [5, 5.41) is 10.8. The maximum atomic E-state index is 13.1. The number of carbonyl (C=O) groups excluding carboxylic acids is 1. The van der Waals surface area contributed by atoms with E-state index in [-0.39, 0.29) is 12.2 Å². The SMILES string of the molecule is O=C(OCCC1CCC1)c1cc(F)ccc1[N+](=O)[O-]. The summed E-state index contributed by atoms with van der Waals surface area (Å²) in [6, 6.07) is 2.75. The third-order valence-electron chi connectivity index (χ3n) is 3.36. The number of carbonyl (C=O) groups is 1. The lowest BCUT2D eigenvalue weighted by Crippen LogP contribution is -2.16. The number of nitrogens with zero attached hydrogens (tertiary/aromatic N) is 1. The first-order valence-electron chi connectivity index (χ1n) is 6.19. The Balaban J connectivity index is 2.00. The Kier molecular flexibility index (Phi) is 4.09. The molecule has 0 spiro atoms. The van der Waals surface area contributed by atoms with Crippen LogP contribution in [0.4, 0.5) is 10.1 Å². The van der Waals surface area contributed by atoms with Gasteiger partial charge in [-0.15, -0.1) is 0 Å². The van der Waals surface area contributed by atoms with Crippen molar-refractivity contribution >= 4 is 11.7 Å². The summed E-state index contributed by atoms with van der Waals surface area (Å²) >= 11 is 0. The molecular formula is C13H14FNO4. The fraction of sp³-hybridized carbons (Fsp3) is 0.462. The minimum Gasteiger partial charge on any atom is -0.462 e. The van der Waals surface area contributed by atoms with E-state index in [0.717, 1.165) is 37.5 Å². The number of nitro benzene ring substituents is 1. The molecule has 0 N–H and O–H groups in total. The molecule has 0 saturated heterocycles. The zero-order valence-electron chi connectivity index (χ0n) is 10.3. The Hall–Kier alpha value is -1.98. The van der Waals surface area contributed by atoms with Crippen molar-refractivity contribution in [3.63, 3.8) is 0 Å². The van der Waals surface area contributed by atoms with Crippen LogP contribution in [0.25, 0.3) is 0 Å². The maximum absolute atomic E-state index is 13.1. The standard InChI is InChI=1S/C13H14FNO4/c14-10-4-5-12(15(17)18)11(8-10)13(16)19-7-6-9-2-1-3-9/h4-5,8-9H,1-3,6-7H2. The number of nitro groups is 1. The van der Waals surface area contributed by atoms with E-state index in [0.29, 0.717) is 5.92 Å². The minimum absolute atomic E-state index is 0.219. The second kappa shape index (κ2) is 5.77. The van der Waals surface area contributed by atoms with Gasteiger partial charge in [0.1, 0.15) is 11.4 Å². The van der Waals surface area contributed by atoms with Crippen LogP contribution < -0.4 is 0 Å². The summed E-state index contributed by atoms with van der Waals surface area (Å²) in [6.07, 6.45) is 4.23. The molecule has 1 aliphatic carbocycles. The van der Waals surface area contributed by atoms with Crippen LogP contribution in [-0.2, 0) is 4.74 Å². The van der Waals surface area contributed by atoms with Crippen molar-refractivity contribution in [3.05, 3.63) is 39.7 Å². The highest BCUT2D eigenvalue weighted by Crippen LogP contribution is 2.29. The molecule has 0 heterocycles. The molecule has 5 nitrogen and oxygen atoms in total. The number of hydrogen-bond donors (Lipinski definition) is 0. The number of esters is 1. The molecule has 1 fully saturated rings. The van der Waals surface area contributed by atoms with Crippen molar-refractivity contribution in [2.75, 3.05) is 6.61 Å². The Morgan fingerprint density at radius 1 is 1.47 bits per heavy atom. The van der Waals surface area contributed by atoms with Gasteiger partial charge in [0.25, 0.3) is 5.69 Å². The summed E-state index contributed by atoms with van der Waals surface area (Å²) in [5.41, 5.74) is -0.770. The van der Waals surface area contributed by atoms with Crippen LogP contribution in [0.3, 0.4) is 0 Å². The normalized spacial score (nSPS) is 14.8. The van der Waals surface area contributed by atoms with Gasteiger partial charge in [0.2, 0.25) is 0 Å². The van der Waals surface area contributed by atoms with Crippen molar-refractivity contribution in [2.45, 2.75) is 25.7 Å². The third kappa shape index (κ3) is 3.27. The van der Waals surface area contributed by atoms with Gasteiger partial charge in [-0.2, -0.15) is 0 Å². The Labute approximate surface area is 109 Å². The summed E-state index contributed by atoms with van der Waals surface area (Å²) in [6.45, 7) is 0.219. The first-order chi connectivity index (χ1) is 9.08. The lowest BCUT2D eigenvalue weighted by Gasteiger charge is -2.24. The van der Waals surface area contributed by atoms with E-state index in [1.807, 2.05) is 0 Å². The van der Waals surface area contributed by atoms with E-state index in [9.17, 15) is 19.3 Å². The minimum atomic E-state index is -0.842. The monoisotopic (exact) mass is 267 g/mol. The van der Waals surface area contributed by atoms with Gasteiger partial charge in [-0.25, -0.2) is 9.18 Å². The maximum Gasteiger partial charge on any atom is 0.345 e. The highest BCUT2D eigenvalue weighted by molar-refractivity contribution is 5.93. The van der Waals surface area contributed by atoms with Crippen LogP contribution in [-0.4, -0.2) is 17.5 Å². The van der Waals surface area contributed by atoms with Gasteiger partial charge in [0.05, 0.1) is 11.5 Å². The number of halogens is 1. The number of benzene rings is 1. The quantitative estimate of drug-likeness (QED) is 0.467. The second-order valence-corrected chi connectivity index (χ2v) is 4.64. The van der Waals surface area contributed by atoms with E-state index in [4.69, 9.17) is 4.74 Å². The molecule has 1 aromatic carbocycles. The summed E-state index contributed by atoms with van der Waals surface area (Å²) < 4.78 is 18.0. The molecule has 0 atom stereocenters. The molecule has 1 aliphatic rings. The van der Waals surface area contributed by atoms with E-state index >= 15 is 0 Å². The van der Waals surface area contributed by atoms with Gasteiger partial charge in [-0.05, 0) is 24.5 Å². The fourth-order valence-electron chi connectivity index (χ4n) is 2.01. The van der Waals surface area contributed by atoms with Gasteiger partial charge >= 0.3 is 5.97 Å². The number of rotatable bonds is 5. The summed E-state index contributed by atoms with van der Waals surface area (Å²) in [4.78, 5) is 21.7. The smallest absolute Gasteiger partial charge is 0.345 e. The molecule has 19 heavy (non-hydrogen) atoms. The third-order valence-corrected chi connectivity index (χ3v) is 3.36. The topological polar surface area (TPSA) is 69.4 Å². The van der Waals surface area contributed by atoms with Crippen LogP contribution in [0.5, 0.6) is 0 Å². The van der Waals surface area contributed by atoms with E-state index in [2.05, 4.69) is 0 Å². The summed E-state index contributed by atoms with van der Waals surface area (Å²) in [5.74, 6) is -0.961. The first kappa shape index (κ1) is 13.5. The van der Waals surface area contributed by atoms with Crippen LogP contribution >= 0.6 is 0 Å². The van der Waals surface area contributed by atoms with Crippen LogP contribution in [0, 0.1) is 21.8 Å². The van der Waals surface area contributed by atoms with Gasteiger partial charge < -0.3 is 4.74 Å². The van der Waals surface area contributed by atoms with Crippen LogP contribution in [0.15, 0.2) is 18.2 Å². The number of hydrogen-bond acceptors (Lipinski definition) is 4. The fourth-order valence-corrected chi connectivity index (χ4v) is 2.01. The molecule has 0 radical (unpaired) electrons. The lowest BCUT2D eigenvalue weighted by molar-refractivity contribution is -0.385. The molecule has 0 aliphatic heterocycles. The van der Waals surface area contributed by atoms with Gasteiger partial charge in [0, 0.05) is 6.07 Å². The molecule has 1 aromatic rings. The second-order valence-electron chi connectivity index (χ2n) is 4.64. The molecular weight excluding hydrogens is 253 g/mol. The molecule has 6 heteroatoms.